The van der Waals surface area contributed by atoms with Gasteiger partial charge in [-0.3, -0.25) is 4.79 Å². The Bertz CT molecular complexity index is 309. The number of rotatable bonds is 9. The third-order valence-corrected chi connectivity index (χ3v) is 2.97. The first-order chi connectivity index (χ1) is 9.18. The van der Waals surface area contributed by atoms with Gasteiger partial charge in [-0.2, -0.15) is 12.6 Å². The van der Waals surface area contributed by atoms with Crippen molar-refractivity contribution in [1.82, 2.24) is 0 Å². The third-order valence-electron chi connectivity index (χ3n) is 1.75. The quantitative estimate of drug-likeness (QED) is 0.224. The van der Waals surface area contributed by atoms with Crippen molar-refractivity contribution in [3.05, 3.63) is 20.9 Å². The van der Waals surface area contributed by atoms with Crippen LogP contribution in [0.2, 0.25) is 0 Å². The van der Waals surface area contributed by atoms with Crippen LogP contribution >= 0.6 is 24.4 Å². The summed E-state index contributed by atoms with van der Waals surface area (Å²) in [5.74, 6) is 1.71. The van der Waals surface area contributed by atoms with E-state index in [-0.39, 0.29) is 5.12 Å². The van der Waals surface area contributed by atoms with Crippen molar-refractivity contribution in [1.29, 1.82) is 0 Å². The van der Waals surface area contributed by atoms with E-state index in [2.05, 4.69) is 32.7 Å². The van der Waals surface area contributed by atoms with Gasteiger partial charge in [-0.15, -0.1) is 0 Å². The summed E-state index contributed by atoms with van der Waals surface area (Å²) in [5, 5.41) is 6.88. The summed E-state index contributed by atoms with van der Waals surface area (Å²) in [7, 11) is 0. The average molecular weight is 304 g/mol. The molecular formula is C10H20N6OS2. The van der Waals surface area contributed by atoms with Gasteiger partial charge >= 0.3 is 0 Å². The molecule has 0 aromatic carbocycles. The summed E-state index contributed by atoms with van der Waals surface area (Å²) in [6, 6.07) is 0. The number of carbonyl (C=O) groups is 1. The molecule has 0 unspecified atom stereocenters. The van der Waals surface area contributed by atoms with E-state index in [4.69, 9.17) is 11.1 Å². The topological polar surface area (TPSA) is 115 Å². The molecule has 0 aliphatic carbocycles. The summed E-state index contributed by atoms with van der Waals surface area (Å²) in [6.07, 6.45) is 3.78. The van der Waals surface area contributed by atoms with Crippen LogP contribution in [-0.4, -0.2) is 29.7 Å². The van der Waals surface area contributed by atoms with E-state index in [0.29, 0.717) is 13.1 Å². The number of azide groups is 2. The summed E-state index contributed by atoms with van der Waals surface area (Å²) in [6.45, 7) is 2.70. The van der Waals surface area contributed by atoms with Crippen LogP contribution in [-0.2, 0) is 4.79 Å². The molecule has 0 aromatic heterocycles. The van der Waals surface area contributed by atoms with Crippen LogP contribution in [0.3, 0.4) is 0 Å². The molecule has 0 bridgehead atoms. The molecule has 19 heavy (non-hydrogen) atoms. The van der Waals surface area contributed by atoms with Gasteiger partial charge in [-0.1, -0.05) is 22.0 Å². The number of thiol groups is 1. The Morgan fingerprint density at radius 2 is 1.63 bits per heavy atom. The van der Waals surface area contributed by atoms with Crippen LogP contribution in [0.15, 0.2) is 10.2 Å². The van der Waals surface area contributed by atoms with Crippen LogP contribution in [0, 0.1) is 0 Å². The van der Waals surface area contributed by atoms with E-state index >= 15 is 0 Å². The van der Waals surface area contributed by atoms with Crippen LogP contribution < -0.4 is 0 Å². The molecule has 9 heteroatoms. The van der Waals surface area contributed by atoms with Gasteiger partial charge in [0.05, 0.1) is 0 Å². The number of carbonyl (C=O) groups excluding carboxylic acids is 1. The average Bonchev–Trinajstić information content (AvgIpc) is 2.39. The molecule has 0 rings (SSSR count). The fourth-order valence-electron chi connectivity index (χ4n) is 0.884. The van der Waals surface area contributed by atoms with E-state index < -0.39 is 0 Å². The van der Waals surface area contributed by atoms with Gasteiger partial charge in [0, 0.05) is 35.6 Å². The maximum atomic E-state index is 10.4. The molecule has 0 aliphatic rings. The molecule has 0 aromatic rings. The van der Waals surface area contributed by atoms with Gasteiger partial charge in [-0.05, 0) is 42.5 Å². The second-order valence-corrected chi connectivity index (χ2v) is 5.11. The molecule has 0 heterocycles. The van der Waals surface area contributed by atoms with E-state index in [1.165, 1.54) is 11.8 Å². The van der Waals surface area contributed by atoms with Gasteiger partial charge in [0.15, 0.2) is 5.12 Å². The molecular weight excluding hydrogens is 284 g/mol. The van der Waals surface area contributed by atoms with Crippen molar-refractivity contribution >= 4 is 29.5 Å². The van der Waals surface area contributed by atoms with Crippen molar-refractivity contribution in [2.24, 2.45) is 10.2 Å². The van der Waals surface area contributed by atoms with Crippen LogP contribution in [0.4, 0.5) is 0 Å². The highest BCUT2D eigenvalue weighted by atomic mass is 32.2. The minimum absolute atomic E-state index is 0.147. The largest absolute Gasteiger partial charge is 0.288 e. The van der Waals surface area contributed by atoms with Crippen LogP contribution in [0.1, 0.15) is 32.6 Å². The Balaban J connectivity index is 0. The molecule has 0 spiro atoms. The van der Waals surface area contributed by atoms with Crippen LogP contribution in [0.25, 0.3) is 20.9 Å². The van der Waals surface area contributed by atoms with Crippen molar-refractivity contribution < 1.29 is 4.79 Å². The first-order valence-electron chi connectivity index (χ1n) is 5.95. The molecule has 0 aliphatic heterocycles. The lowest BCUT2D eigenvalue weighted by Gasteiger charge is -1.93. The van der Waals surface area contributed by atoms with Crippen molar-refractivity contribution in [2.45, 2.75) is 32.6 Å². The van der Waals surface area contributed by atoms with E-state index in [1.807, 2.05) is 0 Å². The summed E-state index contributed by atoms with van der Waals surface area (Å²) in [5.41, 5.74) is 15.7. The van der Waals surface area contributed by atoms with E-state index in [1.54, 1.807) is 6.92 Å². The van der Waals surface area contributed by atoms with Crippen molar-refractivity contribution in [2.75, 3.05) is 24.6 Å². The highest BCUT2D eigenvalue weighted by Crippen LogP contribution is 2.04. The SMILES string of the molecule is CC(=O)SCCCCN=[N+]=[N-].[N-]=[N+]=NCCCCS. The second kappa shape index (κ2) is 19.3. The highest BCUT2D eigenvalue weighted by Gasteiger charge is 1.92. The first-order valence-corrected chi connectivity index (χ1v) is 7.56. The number of hydrogen-bond donors (Lipinski definition) is 1. The van der Waals surface area contributed by atoms with E-state index in [9.17, 15) is 4.79 Å². The summed E-state index contributed by atoms with van der Waals surface area (Å²) < 4.78 is 0. The zero-order valence-corrected chi connectivity index (χ0v) is 12.8. The molecule has 0 saturated heterocycles. The third kappa shape index (κ3) is 26.6. The normalized spacial score (nSPS) is 8.53. The van der Waals surface area contributed by atoms with Gasteiger partial charge in [0.25, 0.3) is 0 Å². The zero-order chi connectivity index (χ0) is 14.8. The second-order valence-electron chi connectivity index (χ2n) is 3.39. The zero-order valence-electron chi connectivity index (χ0n) is 11.1. The highest BCUT2D eigenvalue weighted by molar-refractivity contribution is 8.13. The maximum absolute atomic E-state index is 10.4. The van der Waals surface area contributed by atoms with E-state index in [0.717, 1.165) is 37.2 Å². The molecule has 0 amide bonds. The van der Waals surface area contributed by atoms with Gasteiger partial charge in [0.2, 0.25) is 0 Å². The van der Waals surface area contributed by atoms with Gasteiger partial charge in [0.1, 0.15) is 0 Å². The Morgan fingerprint density at radius 1 is 1.11 bits per heavy atom. The lowest BCUT2D eigenvalue weighted by atomic mass is 10.3. The fourth-order valence-corrected chi connectivity index (χ4v) is 1.74. The number of thioether (sulfide) groups is 1. The Hall–Kier alpha value is -1.01. The van der Waals surface area contributed by atoms with Crippen LogP contribution in [0.5, 0.6) is 0 Å². The maximum Gasteiger partial charge on any atom is 0.185 e. The number of unbranched alkanes of at least 4 members (excludes halogenated alkanes) is 2. The molecule has 0 saturated carbocycles. The van der Waals surface area contributed by atoms with Crippen molar-refractivity contribution in [3.63, 3.8) is 0 Å². The first kappa shape index (κ1) is 20.3. The molecule has 7 nitrogen and oxygen atoms in total. The fraction of sp³-hybridized carbons (Fsp3) is 0.900. The molecule has 0 fully saturated rings. The molecule has 108 valence electrons. The van der Waals surface area contributed by atoms with Gasteiger partial charge in [-0.25, -0.2) is 0 Å². The number of hydrogen-bond acceptors (Lipinski definition) is 5. The summed E-state index contributed by atoms with van der Waals surface area (Å²) >= 11 is 5.30. The summed E-state index contributed by atoms with van der Waals surface area (Å²) in [4.78, 5) is 15.6. The number of nitrogens with zero attached hydrogens (tertiary/aromatic N) is 6. The van der Waals surface area contributed by atoms with Gasteiger partial charge < -0.3 is 0 Å². The Kier molecular flexibility index (Phi) is 20.7. The lowest BCUT2D eigenvalue weighted by molar-refractivity contribution is -0.109. The lowest BCUT2D eigenvalue weighted by Crippen LogP contribution is -1.87. The monoisotopic (exact) mass is 304 g/mol. The minimum atomic E-state index is 0.147. The predicted octanol–water partition coefficient (Wildman–Crippen LogP) is 4.36. The Morgan fingerprint density at radius 3 is 2.05 bits per heavy atom. The Labute approximate surface area is 123 Å². The molecule has 0 atom stereocenters. The smallest absolute Gasteiger partial charge is 0.185 e. The predicted molar refractivity (Wildman–Crippen MR) is 83.5 cm³/mol. The molecule has 0 radical (unpaired) electrons. The van der Waals surface area contributed by atoms with Crippen molar-refractivity contribution in [3.8, 4) is 0 Å². The molecule has 0 N–H and O–H groups in total. The minimum Gasteiger partial charge on any atom is -0.288 e. The standard InChI is InChI=1S/C6H11N3OS.C4H9N3S/c1-6(10)11-5-3-2-4-8-9-7;5-7-6-3-1-2-4-8/h2-5H2,1H3;8H,1-4H2.